The van der Waals surface area contributed by atoms with Gasteiger partial charge in [0, 0.05) is 31.6 Å². The molecule has 0 aliphatic heterocycles. The number of alkyl halides is 1. The second-order valence-corrected chi connectivity index (χ2v) is 11.0. The summed E-state index contributed by atoms with van der Waals surface area (Å²) in [5.74, 6) is 1.51. The normalized spacial score (nSPS) is 14.6. The maximum Gasteiger partial charge on any atom is 0.146 e. The molecule has 1 fully saturated rings. The Hall–Kier alpha value is -0.890. The van der Waals surface area contributed by atoms with Gasteiger partial charge in [0.15, 0.2) is 0 Å². The van der Waals surface area contributed by atoms with Gasteiger partial charge in [0.1, 0.15) is 11.6 Å². The molecule has 0 amide bonds. The molecular formula is C25H24BrCl2IN2O. The zero-order valence-electron chi connectivity index (χ0n) is 17.6. The number of halogens is 4. The van der Waals surface area contributed by atoms with E-state index in [-0.39, 0.29) is 5.78 Å². The van der Waals surface area contributed by atoms with Crippen molar-refractivity contribution in [2.75, 3.05) is 0 Å². The van der Waals surface area contributed by atoms with Gasteiger partial charge in [-0.15, -0.1) is 0 Å². The van der Waals surface area contributed by atoms with E-state index in [1.54, 1.807) is 6.07 Å². The van der Waals surface area contributed by atoms with Gasteiger partial charge >= 0.3 is 0 Å². The van der Waals surface area contributed by atoms with Gasteiger partial charge in [0.2, 0.25) is 0 Å². The summed E-state index contributed by atoms with van der Waals surface area (Å²) in [5.41, 5.74) is 3.56. The third-order valence-electron chi connectivity index (χ3n) is 6.04. The molecule has 168 valence electrons. The fourth-order valence-electron chi connectivity index (χ4n) is 4.47. The number of carbonyl (C=O) groups is 1. The number of carbonyl (C=O) groups excluding carboxylic acids is 1. The Kier molecular flexibility index (Phi) is 8.35. The smallest absolute Gasteiger partial charge is 0.146 e. The van der Waals surface area contributed by atoms with Crippen LogP contribution < -0.4 is 0 Å². The summed E-state index contributed by atoms with van der Waals surface area (Å²) in [5, 5.41) is 1.70. The second-order valence-electron chi connectivity index (χ2n) is 8.32. The molecule has 0 spiro atoms. The van der Waals surface area contributed by atoms with Gasteiger partial charge < -0.3 is 0 Å². The highest BCUT2D eigenvalue weighted by Crippen LogP contribution is 2.35. The Morgan fingerprint density at radius 1 is 1.09 bits per heavy atom. The molecule has 1 aliphatic rings. The van der Waals surface area contributed by atoms with Crippen LogP contribution in [0.5, 0.6) is 0 Å². The lowest BCUT2D eigenvalue weighted by Crippen LogP contribution is -2.14. The fraction of sp³-hybridized carbons (Fsp3) is 0.360. The molecule has 1 heterocycles. The predicted octanol–water partition coefficient (Wildman–Crippen LogP) is 8.43. The number of ketones is 1. The largest absolute Gasteiger partial charge is 0.299 e. The lowest BCUT2D eigenvalue weighted by Gasteiger charge is -2.20. The molecular weight excluding hydrogens is 622 g/mol. The third kappa shape index (κ3) is 5.60. The van der Waals surface area contributed by atoms with Crippen molar-refractivity contribution in [2.24, 2.45) is 5.92 Å². The number of aromatic nitrogens is 2. The Bertz CT molecular complexity index is 1110. The number of benzene rings is 2. The number of hydrogen-bond acceptors (Lipinski definition) is 2. The van der Waals surface area contributed by atoms with Crippen LogP contribution in [-0.2, 0) is 16.5 Å². The molecule has 32 heavy (non-hydrogen) atoms. The van der Waals surface area contributed by atoms with E-state index < -0.39 is 0 Å². The van der Waals surface area contributed by atoms with E-state index in [1.165, 1.54) is 32.1 Å². The highest BCUT2D eigenvalue weighted by Gasteiger charge is 2.24. The van der Waals surface area contributed by atoms with Crippen molar-refractivity contribution in [1.82, 2.24) is 9.55 Å². The molecule has 1 aromatic heterocycles. The molecule has 1 saturated carbocycles. The molecule has 3 nitrogen and oxygen atoms in total. The van der Waals surface area contributed by atoms with E-state index in [9.17, 15) is 4.79 Å². The fourth-order valence-corrected chi connectivity index (χ4v) is 5.90. The van der Waals surface area contributed by atoms with Gasteiger partial charge in [0.05, 0.1) is 22.8 Å². The minimum atomic E-state index is 0.264. The number of imidazole rings is 1. The van der Waals surface area contributed by atoms with Crippen molar-refractivity contribution >= 4 is 67.5 Å². The molecule has 0 atom stereocenters. The zero-order valence-corrected chi connectivity index (χ0v) is 22.8. The maximum absolute atomic E-state index is 13.0. The predicted molar refractivity (Wildman–Crippen MR) is 144 cm³/mol. The third-order valence-corrected chi connectivity index (χ3v) is 7.84. The van der Waals surface area contributed by atoms with E-state index >= 15 is 0 Å². The molecule has 0 bridgehead atoms. The molecule has 1 aliphatic carbocycles. The SMILES string of the molecule is O=C(Cc1nc(-c2ccc(Cl)cc2Cl)n(-c2ccc(I)cc2)c1CBr)CC1CCCCC1. The molecule has 0 radical (unpaired) electrons. The first kappa shape index (κ1) is 24.2. The van der Waals surface area contributed by atoms with Gasteiger partial charge in [-0.25, -0.2) is 4.98 Å². The lowest BCUT2D eigenvalue weighted by molar-refractivity contribution is -0.119. The maximum atomic E-state index is 13.0. The average Bonchev–Trinajstić information content (AvgIpc) is 3.12. The van der Waals surface area contributed by atoms with Crippen LogP contribution in [-0.4, -0.2) is 15.3 Å². The zero-order chi connectivity index (χ0) is 22.7. The minimum Gasteiger partial charge on any atom is -0.299 e. The Balaban J connectivity index is 1.75. The van der Waals surface area contributed by atoms with E-state index in [1.807, 2.05) is 12.1 Å². The topological polar surface area (TPSA) is 34.9 Å². The summed E-state index contributed by atoms with van der Waals surface area (Å²) in [4.78, 5) is 17.9. The molecule has 7 heteroatoms. The first-order valence-electron chi connectivity index (χ1n) is 10.9. The van der Waals surface area contributed by atoms with Crippen LogP contribution in [0.25, 0.3) is 17.1 Å². The van der Waals surface area contributed by atoms with Crippen molar-refractivity contribution in [3.8, 4) is 17.1 Å². The Labute approximate surface area is 221 Å². The highest BCUT2D eigenvalue weighted by atomic mass is 127. The summed E-state index contributed by atoms with van der Waals surface area (Å²) in [6.07, 6.45) is 7.10. The van der Waals surface area contributed by atoms with E-state index in [2.05, 4.69) is 67.4 Å². The molecule has 0 N–H and O–H groups in total. The summed E-state index contributed by atoms with van der Waals surface area (Å²) in [6, 6.07) is 13.7. The Morgan fingerprint density at radius 3 is 2.47 bits per heavy atom. The summed E-state index contributed by atoms with van der Waals surface area (Å²) in [7, 11) is 0. The quantitative estimate of drug-likeness (QED) is 0.191. The van der Waals surface area contributed by atoms with Crippen molar-refractivity contribution in [1.29, 1.82) is 0 Å². The summed E-state index contributed by atoms with van der Waals surface area (Å²) < 4.78 is 3.25. The van der Waals surface area contributed by atoms with Crippen LogP contribution in [0.1, 0.15) is 49.9 Å². The monoisotopic (exact) mass is 644 g/mol. The first-order chi connectivity index (χ1) is 15.5. The summed E-state index contributed by atoms with van der Waals surface area (Å²) >= 11 is 18.7. The van der Waals surface area contributed by atoms with Gasteiger partial charge in [0.25, 0.3) is 0 Å². The van der Waals surface area contributed by atoms with Gasteiger partial charge in [-0.1, -0.05) is 71.2 Å². The van der Waals surface area contributed by atoms with Crippen LogP contribution in [0.15, 0.2) is 42.5 Å². The van der Waals surface area contributed by atoms with E-state index in [0.717, 1.165) is 32.0 Å². The number of Topliss-reactive ketones (excluding diaryl/α,β-unsaturated/α-hetero) is 1. The molecule has 3 aromatic rings. The van der Waals surface area contributed by atoms with Crippen LogP contribution in [0.4, 0.5) is 0 Å². The van der Waals surface area contributed by atoms with E-state index in [4.69, 9.17) is 28.2 Å². The van der Waals surface area contributed by atoms with Gasteiger partial charge in [-0.3, -0.25) is 9.36 Å². The first-order valence-corrected chi connectivity index (χ1v) is 13.8. The van der Waals surface area contributed by atoms with Crippen LogP contribution in [0.2, 0.25) is 10.0 Å². The van der Waals surface area contributed by atoms with Crippen LogP contribution in [0, 0.1) is 9.49 Å². The second kappa shape index (κ2) is 11.0. The minimum absolute atomic E-state index is 0.264. The van der Waals surface area contributed by atoms with Crippen LogP contribution in [0.3, 0.4) is 0 Å². The molecule has 0 saturated heterocycles. The molecule has 0 unspecified atom stereocenters. The molecule has 2 aromatic carbocycles. The molecule has 4 rings (SSSR count). The van der Waals surface area contributed by atoms with E-state index in [0.29, 0.717) is 34.1 Å². The standard InChI is InChI=1S/C25H24BrCl2IN2O/c26-15-24-23(14-20(32)12-16-4-2-1-3-5-16)30-25(21-11-6-17(27)13-22(21)28)31(24)19-9-7-18(29)8-10-19/h6-11,13,16H,1-5,12,14-15H2. The van der Waals surface area contributed by atoms with Crippen molar-refractivity contribution in [3.63, 3.8) is 0 Å². The van der Waals surface area contributed by atoms with Crippen molar-refractivity contribution in [3.05, 3.63) is 67.5 Å². The summed E-state index contributed by atoms with van der Waals surface area (Å²) in [6.45, 7) is 0. The van der Waals surface area contributed by atoms with Gasteiger partial charge in [-0.05, 0) is 71.0 Å². The van der Waals surface area contributed by atoms with Crippen LogP contribution >= 0.6 is 61.7 Å². The number of rotatable bonds is 7. The highest BCUT2D eigenvalue weighted by molar-refractivity contribution is 14.1. The Morgan fingerprint density at radius 2 is 1.81 bits per heavy atom. The van der Waals surface area contributed by atoms with Crippen molar-refractivity contribution < 1.29 is 4.79 Å². The average molecular weight is 646 g/mol. The van der Waals surface area contributed by atoms with Gasteiger partial charge in [-0.2, -0.15) is 0 Å². The lowest BCUT2D eigenvalue weighted by atomic mass is 9.85. The number of hydrogen-bond donors (Lipinski definition) is 0. The number of nitrogens with zero attached hydrogens (tertiary/aromatic N) is 2. The van der Waals surface area contributed by atoms with Crippen molar-refractivity contribution in [2.45, 2.75) is 50.3 Å².